The molecular formula is C20H27FN2O4. The standard InChI is InChI=1S/C20H27FN2O4/c1-14(2)13-22(3)17(24)11-20(15-7-5-6-8-16(15)21)12-18(25)23(19(20)26)9-10-27-4/h5-8,14H,9-13H2,1-4H3/t20-/m1/s1. The van der Waals surface area contributed by atoms with Crippen LogP contribution < -0.4 is 0 Å². The lowest BCUT2D eigenvalue weighted by Gasteiger charge is -2.30. The van der Waals surface area contributed by atoms with Crippen molar-refractivity contribution >= 4 is 17.7 Å². The zero-order valence-electron chi connectivity index (χ0n) is 16.3. The molecule has 0 N–H and O–H groups in total. The lowest BCUT2D eigenvalue weighted by Crippen LogP contribution is -2.44. The topological polar surface area (TPSA) is 66.9 Å². The molecule has 1 fully saturated rings. The van der Waals surface area contributed by atoms with Gasteiger partial charge in [0.25, 0.3) is 0 Å². The number of ether oxygens (including phenoxy) is 1. The van der Waals surface area contributed by atoms with Crippen molar-refractivity contribution in [3.05, 3.63) is 35.6 Å². The minimum Gasteiger partial charge on any atom is -0.383 e. The van der Waals surface area contributed by atoms with Gasteiger partial charge in [-0.3, -0.25) is 19.3 Å². The first-order valence-corrected chi connectivity index (χ1v) is 9.05. The fourth-order valence-electron chi connectivity index (χ4n) is 3.55. The van der Waals surface area contributed by atoms with E-state index in [1.165, 1.54) is 30.2 Å². The number of likely N-dealkylation sites (tertiary alicyclic amines) is 1. The summed E-state index contributed by atoms with van der Waals surface area (Å²) in [5.41, 5.74) is -1.42. The number of amides is 3. The molecule has 0 radical (unpaired) electrons. The molecule has 0 saturated carbocycles. The minimum atomic E-state index is -1.52. The largest absolute Gasteiger partial charge is 0.383 e. The van der Waals surface area contributed by atoms with E-state index in [0.29, 0.717) is 6.54 Å². The lowest BCUT2D eigenvalue weighted by molar-refractivity contribution is -0.143. The first kappa shape index (κ1) is 21.0. The van der Waals surface area contributed by atoms with Crippen molar-refractivity contribution in [2.45, 2.75) is 32.1 Å². The van der Waals surface area contributed by atoms with Gasteiger partial charge in [0, 0.05) is 39.1 Å². The summed E-state index contributed by atoms with van der Waals surface area (Å²) < 4.78 is 19.6. The zero-order valence-corrected chi connectivity index (χ0v) is 16.3. The molecule has 0 bridgehead atoms. The van der Waals surface area contributed by atoms with Gasteiger partial charge in [-0.2, -0.15) is 0 Å². The van der Waals surface area contributed by atoms with Crippen LogP contribution in [-0.4, -0.2) is 61.4 Å². The minimum absolute atomic E-state index is 0.0837. The molecule has 1 saturated heterocycles. The van der Waals surface area contributed by atoms with Crippen LogP contribution in [0, 0.1) is 11.7 Å². The molecule has 0 unspecified atom stereocenters. The van der Waals surface area contributed by atoms with Crippen LogP contribution in [0.4, 0.5) is 4.39 Å². The van der Waals surface area contributed by atoms with E-state index >= 15 is 0 Å². The van der Waals surface area contributed by atoms with Crippen molar-refractivity contribution in [3.63, 3.8) is 0 Å². The summed E-state index contributed by atoms with van der Waals surface area (Å²) >= 11 is 0. The average molecular weight is 378 g/mol. The van der Waals surface area contributed by atoms with E-state index in [-0.39, 0.29) is 43.4 Å². The summed E-state index contributed by atoms with van der Waals surface area (Å²) in [7, 11) is 3.13. The number of carbonyl (C=O) groups is 3. The van der Waals surface area contributed by atoms with Gasteiger partial charge in [-0.15, -0.1) is 0 Å². The fourth-order valence-corrected chi connectivity index (χ4v) is 3.55. The summed E-state index contributed by atoms with van der Waals surface area (Å²) in [6.07, 6.45) is -0.469. The Morgan fingerprint density at radius 2 is 2.00 bits per heavy atom. The normalized spacial score (nSPS) is 19.9. The highest BCUT2D eigenvalue weighted by Gasteiger charge is 2.54. The van der Waals surface area contributed by atoms with Crippen molar-refractivity contribution in [3.8, 4) is 0 Å². The molecule has 1 atom stereocenters. The van der Waals surface area contributed by atoms with E-state index in [1.807, 2.05) is 13.8 Å². The molecule has 1 aliphatic rings. The highest BCUT2D eigenvalue weighted by atomic mass is 19.1. The van der Waals surface area contributed by atoms with Gasteiger partial charge in [0.05, 0.1) is 18.6 Å². The van der Waals surface area contributed by atoms with Crippen LogP contribution in [0.5, 0.6) is 0 Å². The van der Waals surface area contributed by atoms with Gasteiger partial charge in [-0.25, -0.2) is 4.39 Å². The van der Waals surface area contributed by atoms with Gasteiger partial charge in [-0.05, 0) is 12.0 Å². The summed E-state index contributed by atoms with van der Waals surface area (Å²) in [5, 5.41) is 0. The lowest BCUT2D eigenvalue weighted by atomic mass is 9.75. The number of methoxy groups -OCH3 is 1. The van der Waals surface area contributed by atoms with E-state index in [2.05, 4.69) is 0 Å². The van der Waals surface area contributed by atoms with Gasteiger partial charge < -0.3 is 9.64 Å². The Balaban J connectivity index is 2.42. The first-order valence-electron chi connectivity index (χ1n) is 9.05. The van der Waals surface area contributed by atoms with Crippen LogP contribution in [0.25, 0.3) is 0 Å². The molecular weight excluding hydrogens is 351 g/mol. The van der Waals surface area contributed by atoms with Crippen LogP contribution in [0.15, 0.2) is 24.3 Å². The maximum Gasteiger partial charge on any atom is 0.241 e. The Kier molecular flexibility index (Phi) is 6.70. The highest BCUT2D eigenvalue weighted by molar-refractivity contribution is 6.10. The molecule has 27 heavy (non-hydrogen) atoms. The Morgan fingerprint density at radius 1 is 1.33 bits per heavy atom. The van der Waals surface area contributed by atoms with Crippen LogP contribution in [0.3, 0.4) is 0 Å². The molecule has 7 heteroatoms. The monoisotopic (exact) mass is 378 g/mol. The number of hydrogen-bond donors (Lipinski definition) is 0. The fraction of sp³-hybridized carbons (Fsp3) is 0.550. The predicted molar refractivity (Wildman–Crippen MR) is 98.4 cm³/mol. The van der Waals surface area contributed by atoms with Gasteiger partial charge >= 0.3 is 0 Å². The Hall–Kier alpha value is -2.28. The molecule has 1 aromatic carbocycles. The number of nitrogens with zero attached hydrogens (tertiary/aromatic N) is 2. The number of benzene rings is 1. The number of rotatable bonds is 8. The maximum atomic E-state index is 14.6. The van der Waals surface area contributed by atoms with Crippen LogP contribution in [0.1, 0.15) is 32.3 Å². The van der Waals surface area contributed by atoms with Crippen LogP contribution in [-0.2, 0) is 24.5 Å². The van der Waals surface area contributed by atoms with Crippen molar-refractivity contribution in [1.82, 2.24) is 9.80 Å². The third kappa shape index (κ3) is 4.35. The molecule has 1 heterocycles. The molecule has 0 spiro atoms. The molecule has 0 aliphatic carbocycles. The summed E-state index contributed by atoms with van der Waals surface area (Å²) in [5.74, 6) is -1.59. The molecule has 3 amide bonds. The average Bonchev–Trinajstić information content (AvgIpc) is 2.83. The number of hydrogen-bond acceptors (Lipinski definition) is 4. The summed E-state index contributed by atoms with van der Waals surface area (Å²) in [6.45, 7) is 4.74. The van der Waals surface area contributed by atoms with E-state index in [1.54, 1.807) is 13.1 Å². The Labute approximate surface area is 159 Å². The predicted octanol–water partition coefficient (Wildman–Crippen LogP) is 1.97. The van der Waals surface area contributed by atoms with Crippen LogP contribution >= 0.6 is 0 Å². The first-order chi connectivity index (χ1) is 12.7. The van der Waals surface area contributed by atoms with Crippen molar-refractivity contribution in [2.75, 3.05) is 33.9 Å². The van der Waals surface area contributed by atoms with Gasteiger partial charge in [0.2, 0.25) is 17.7 Å². The van der Waals surface area contributed by atoms with Crippen LogP contribution in [0.2, 0.25) is 0 Å². The van der Waals surface area contributed by atoms with Gasteiger partial charge in [0.1, 0.15) is 5.82 Å². The quantitative estimate of drug-likeness (QED) is 0.649. The van der Waals surface area contributed by atoms with Gasteiger partial charge in [-0.1, -0.05) is 32.0 Å². The Morgan fingerprint density at radius 3 is 2.59 bits per heavy atom. The molecule has 1 aromatic rings. The van der Waals surface area contributed by atoms with Crippen molar-refractivity contribution in [2.24, 2.45) is 5.92 Å². The zero-order chi connectivity index (χ0) is 20.2. The van der Waals surface area contributed by atoms with E-state index < -0.39 is 23.0 Å². The molecule has 148 valence electrons. The second-order valence-electron chi connectivity index (χ2n) is 7.43. The van der Waals surface area contributed by atoms with Crippen molar-refractivity contribution < 1.29 is 23.5 Å². The van der Waals surface area contributed by atoms with Gasteiger partial charge in [0.15, 0.2) is 0 Å². The number of halogens is 1. The molecule has 0 aromatic heterocycles. The third-order valence-corrected chi connectivity index (χ3v) is 4.83. The van der Waals surface area contributed by atoms with Crippen molar-refractivity contribution in [1.29, 1.82) is 0 Å². The number of carbonyl (C=O) groups excluding carboxylic acids is 3. The SMILES string of the molecule is COCCN1C(=O)C[C@](CC(=O)N(C)CC(C)C)(c2ccccc2F)C1=O. The summed E-state index contributed by atoms with van der Waals surface area (Å²) in [4.78, 5) is 41.1. The third-order valence-electron chi connectivity index (χ3n) is 4.83. The number of imide groups is 1. The van der Waals surface area contributed by atoms with E-state index in [4.69, 9.17) is 4.74 Å². The molecule has 1 aliphatic heterocycles. The maximum absolute atomic E-state index is 14.6. The molecule has 6 nitrogen and oxygen atoms in total. The second-order valence-corrected chi connectivity index (χ2v) is 7.43. The summed E-state index contributed by atoms with van der Waals surface area (Å²) in [6, 6.07) is 5.85. The van der Waals surface area contributed by atoms with E-state index in [0.717, 1.165) is 4.90 Å². The second kappa shape index (κ2) is 8.61. The Bertz CT molecular complexity index is 722. The smallest absolute Gasteiger partial charge is 0.241 e. The highest BCUT2D eigenvalue weighted by Crippen LogP contribution is 2.41. The van der Waals surface area contributed by atoms with E-state index in [9.17, 15) is 18.8 Å². The molecule has 2 rings (SSSR count).